The molecule has 0 saturated heterocycles. The van der Waals surface area contributed by atoms with Crippen LogP contribution in [0.3, 0.4) is 0 Å². The van der Waals surface area contributed by atoms with Gasteiger partial charge in [0.2, 0.25) is 5.88 Å². The molecule has 0 aliphatic heterocycles. The first kappa shape index (κ1) is 30.8. The summed E-state index contributed by atoms with van der Waals surface area (Å²) in [7, 11) is -2.32. The second-order valence-electron chi connectivity index (χ2n) is 9.41. The third-order valence-electron chi connectivity index (χ3n) is 6.24. The van der Waals surface area contributed by atoms with Crippen molar-refractivity contribution in [3.05, 3.63) is 102 Å². The van der Waals surface area contributed by atoms with E-state index in [-0.39, 0.29) is 36.4 Å². The first-order valence-corrected chi connectivity index (χ1v) is 14.7. The number of rotatable bonds is 14. The Morgan fingerprint density at radius 1 is 0.976 bits per heavy atom. The van der Waals surface area contributed by atoms with Crippen LogP contribution in [0.5, 0.6) is 23.1 Å². The van der Waals surface area contributed by atoms with E-state index in [2.05, 4.69) is 4.98 Å². The minimum Gasteiger partial charge on any atom is -0.497 e. The largest absolute Gasteiger partial charge is 0.497 e. The molecule has 1 unspecified atom stereocenters. The summed E-state index contributed by atoms with van der Waals surface area (Å²) >= 11 is 0. The Labute approximate surface area is 245 Å². The molecule has 0 bridgehead atoms. The number of methoxy groups -OCH3 is 1. The number of ether oxygens (including phenoxy) is 3. The van der Waals surface area contributed by atoms with E-state index >= 15 is 0 Å². The summed E-state index contributed by atoms with van der Waals surface area (Å²) in [6, 6.07) is 20.8. The number of hydrogen-bond donors (Lipinski definition) is 1. The average Bonchev–Trinajstić information content (AvgIpc) is 2.98. The zero-order valence-electron chi connectivity index (χ0n) is 23.6. The first-order valence-electron chi connectivity index (χ1n) is 13.3. The van der Waals surface area contributed by atoms with Gasteiger partial charge in [0.1, 0.15) is 35.0 Å². The smallest absolute Gasteiger partial charge is 0.296 e. The number of halogens is 1. The summed E-state index contributed by atoms with van der Waals surface area (Å²) in [6.07, 6.45) is 0.919. The van der Waals surface area contributed by atoms with E-state index in [0.717, 1.165) is 5.56 Å². The normalized spacial score (nSPS) is 12.0. The second kappa shape index (κ2) is 14.1. The highest BCUT2D eigenvalue weighted by Crippen LogP contribution is 2.34. The lowest BCUT2D eigenvalue weighted by Crippen LogP contribution is -2.32. The van der Waals surface area contributed by atoms with Gasteiger partial charge in [-0.1, -0.05) is 17.7 Å². The molecule has 0 aliphatic carbocycles. The van der Waals surface area contributed by atoms with Crippen molar-refractivity contribution < 1.29 is 36.3 Å². The first-order chi connectivity index (χ1) is 20.2. The molecule has 222 valence electrons. The third-order valence-corrected chi connectivity index (χ3v) is 7.57. The molecule has 4 aromatic rings. The third kappa shape index (κ3) is 8.19. The Morgan fingerprint density at radius 3 is 2.38 bits per heavy atom. The maximum atomic E-state index is 13.4. The number of aliphatic hydroxyl groups is 1. The Balaban J connectivity index is 1.46. The molecule has 0 amide bonds. The molecule has 0 saturated carbocycles. The van der Waals surface area contributed by atoms with Crippen LogP contribution < -0.4 is 19.1 Å². The minimum atomic E-state index is -3.87. The SMILES string of the molecule is COc1ccc(OCCCOS(=O)(=O)c2ccc(C)cc2)c(CN(c2cccnc2Oc2ccc(F)cc2)C(C)O)c1. The molecular weight excluding hydrogens is 563 g/mol. The summed E-state index contributed by atoms with van der Waals surface area (Å²) < 4.78 is 60.8. The number of aryl methyl sites for hydroxylation is 1. The van der Waals surface area contributed by atoms with E-state index in [1.807, 2.05) is 6.92 Å². The average molecular weight is 597 g/mol. The Bertz CT molecular complexity index is 1560. The van der Waals surface area contributed by atoms with Crippen LogP contribution in [0, 0.1) is 12.7 Å². The van der Waals surface area contributed by atoms with Crippen LogP contribution in [0.25, 0.3) is 0 Å². The maximum absolute atomic E-state index is 13.4. The van der Waals surface area contributed by atoms with E-state index in [9.17, 15) is 17.9 Å². The molecule has 0 radical (unpaired) electrons. The lowest BCUT2D eigenvalue weighted by atomic mass is 10.1. The van der Waals surface area contributed by atoms with Gasteiger partial charge in [0.25, 0.3) is 10.1 Å². The monoisotopic (exact) mass is 596 g/mol. The lowest BCUT2D eigenvalue weighted by Gasteiger charge is -2.29. The van der Waals surface area contributed by atoms with Crippen molar-refractivity contribution in [3.63, 3.8) is 0 Å². The van der Waals surface area contributed by atoms with Gasteiger partial charge in [0.05, 0.1) is 25.2 Å². The fraction of sp³-hybridized carbons (Fsp3) is 0.258. The number of pyridine rings is 1. The molecule has 0 spiro atoms. The van der Waals surface area contributed by atoms with Gasteiger partial charge in [-0.05, 0) is 80.6 Å². The van der Waals surface area contributed by atoms with Crippen LogP contribution in [0.15, 0.2) is 90.0 Å². The predicted octanol–water partition coefficient (Wildman–Crippen LogP) is 5.85. The molecule has 1 heterocycles. The summed E-state index contributed by atoms with van der Waals surface area (Å²) in [4.78, 5) is 6.10. The van der Waals surface area contributed by atoms with Gasteiger partial charge >= 0.3 is 0 Å². The predicted molar refractivity (Wildman–Crippen MR) is 156 cm³/mol. The van der Waals surface area contributed by atoms with Crippen LogP contribution in [0.2, 0.25) is 0 Å². The Morgan fingerprint density at radius 2 is 1.69 bits per heavy atom. The van der Waals surface area contributed by atoms with Gasteiger partial charge in [0, 0.05) is 24.7 Å². The van der Waals surface area contributed by atoms with E-state index < -0.39 is 16.3 Å². The van der Waals surface area contributed by atoms with Crippen LogP contribution in [0.1, 0.15) is 24.5 Å². The highest BCUT2D eigenvalue weighted by molar-refractivity contribution is 7.86. The lowest BCUT2D eigenvalue weighted by molar-refractivity contribution is 0.185. The van der Waals surface area contributed by atoms with E-state index in [1.165, 1.54) is 36.4 Å². The van der Waals surface area contributed by atoms with Gasteiger partial charge in [-0.2, -0.15) is 8.42 Å². The van der Waals surface area contributed by atoms with Crippen molar-refractivity contribution in [3.8, 4) is 23.1 Å². The van der Waals surface area contributed by atoms with Gasteiger partial charge in [-0.25, -0.2) is 9.37 Å². The number of nitrogens with zero attached hydrogens (tertiary/aromatic N) is 2. The van der Waals surface area contributed by atoms with E-state index in [0.29, 0.717) is 34.9 Å². The van der Waals surface area contributed by atoms with Crippen LogP contribution in [-0.4, -0.2) is 45.1 Å². The molecule has 42 heavy (non-hydrogen) atoms. The summed E-state index contributed by atoms with van der Waals surface area (Å²) in [5.41, 5.74) is 2.15. The highest BCUT2D eigenvalue weighted by Gasteiger charge is 2.21. The van der Waals surface area contributed by atoms with Crippen molar-refractivity contribution in [1.29, 1.82) is 0 Å². The Kier molecular flexibility index (Phi) is 10.3. The van der Waals surface area contributed by atoms with Crippen molar-refractivity contribution in [2.24, 2.45) is 0 Å². The molecular formula is C31H33FN2O7S. The Hall–Kier alpha value is -4.19. The van der Waals surface area contributed by atoms with E-state index in [1.54, 1.807) is 67.6 Å². The molecule has 3 aromatic carbocycles. The van der Waals surface area contributed by atoms with Crippen LogP contribution >= 0.6 is 0 Å². The van der Waals surface area contributed by atoms with Gasteiger partial charge in [0.15, 0.2) is 0 Å². The zero-order chi connectivity index (χ0) is 30.1. The topological polar surface area (TPSA) is 107 Å². The van der Waals surface area contributed by atoms with Crippen molar-refractivity contribution in [2.75, 3.05) is 25.2 Å². The van der Waals surface area contributed by atoms with Crippen molar-refractivity contribution >= 4 is 15.8 Å². The fourth-order valence-corrected chi connectivity index (χ4v) is 4.97. The highest BCUT2D eigenvalue weighted by atomic mass is 32.2. The fourth-order valence-electron chi connectivity index (χ4n) is 4.03. The molecule has 1 atom stereocenters. The number of aromatic nitrogens is 1. The summed E-state index contributed by atoms with van der Waals surface area (Å²) in [5, 5.41) is 10.8. The van der Waals surface area contributed by atoms with Gasteiger partial charge < -0.3 is 24.2 Å². The van der Waals surface area contributed by atoms with Crippen molar-refractivity contribution in [1.82, 2.24) is 4.98 Å². The molecule has 11 heteroatoms. The summed E-state index contributed by atoms with van der Waals surface area (Å²) in [5.74, 6) is 1.33. The molecule has 0 aliphatic rings. The number of benzene rings is 3. The standard InChI is InChI=1S/C31H33FN2O7S/c1-22-7-14-28(15-8-22)42(36,37)40-19-5-18-39-30-16-13-27(38-3)20-24(30)21-34(23(2)35)29-6-4-17-33-31(29)41-26-11-9-25(32)10-12-26/h4,6-17,20,23,35H,5,18-19,21H2,1-3H3. The molecule has 1 aromatic heterocycles. The van der Waals surface area contributed by atoms with Gasteiger partial charge in [-0.3, -0.25) is 4.18 Å². The molecule has 0 fully saturated rings. The van der Waals surface area contributed by atoms with Gasteiger partial charge in [-0.15, -0.1) is 0 Å². The molecule has 9 nitrogen and oxygen atoms in total. The van der Waals surface area contributed by atoms with Crippen molar-refractivity contribution in [2.45, 2.75) is 37.9 Å². The van der Waals surface area contributed by atoms with E-state index in [4.69, 9.17) is 18.4 Å². The number of hydrogen-bond acceptors (Lipinski definition) is 9. The van der Waals surface area contributed by atoms with Crippen LogP contribution in [0.4, 0.5) is 10.1 Å². The molecule has 1 N–H and O–H groups in total. The summed E-state index contributed by atoms with van der Waals surface area (Å²) in [6.45, 7) is 3.81. The zero-order valence-corrected chi connectivity index (χ0v) is 24.4. The minimum absolute atomic E-state index is 0.0543. The second-order valence-corrected chi connectivity index (χ2v) is 11.0. The quantitative estimate of drug-likeness (QED) is 0.109. The maximum Gasteiger partial charge on any atom is 0.296 e. The van der Waals surface area contributed by atoms with Crippen LogP contribution in [-0.2, 0) is 20.8 Å². The molecule has 4 rings (SSSR count). The number of aliphatic hydroxyl groups excluding tert-OH is 1. The number of anilines is 1.